The summed E-state index contributed by atoms with van der Waals surface area (Å²) in [4.78, 5) is 26.9. The van der Waals surface area contributed by atoms with Crippen molar-refractivity contribution < 1.29 is 24.4 Å². The van der Waals surface area contributed by atoms with Gasteiger partial charge in [-0.25, -0.2) is 4.79 Å². The van der Waals surface area contributed by atoms with E-state index in [1.165, 1.54) is 0 Å². The normalized spacial score (nSPS) is 17.7. The SMILES string of the molecule is Cc1ccc(CC(NC(=O)OC[C@H]2CCCCN2C(=O)C(C#N)=CC(C)(C)C)B(O)O)cc1. The molecular weight excluding hydrogens is 421 g/mol. The molecule has 1 aliphatic rings. The van der Waals surface area contributed by atoms with Crippen LogP contribution in [0.4, 0.5) is 4.79 Å². The van der Waals surface area contributed by atoms with Crippen LogP contribution < -0.4 is 5.32 Å². The van der Waals surface area contributed by atoms with Crippen LogP contribution in [0.2, 0.25) is 0 Å². The lowest BCUT2D eigenvalue weighted by Gasteiger charge is -2.35. The highest BCUT2D eigenvalue weighted by molar-refractivity contribution is 6.43. The molecule has 178 valence electrons. The number of piperidine rings is 1. The maximum atomic E-state index is 13.0. The lowest BCUT2D eigenvalue weighted by molar-refractivity contribution is -0.131. The molecule has 33 heavy (non-hydrogen) atoms. The topological polar surface area (TPSA) is 123 Å². The van der Waals surface area contributed by atoms with Crippen LogP contribution in [0.3, 0.4) is 0 Å². The predicted octanol–water partition coefficient (Wildman–Crippen LogP) is 2.52. The number of ether oxygens (including phenoxy) is 1. The first-order valence-corrected chi connectivity index (χ1v) is 11.3. The molecule has 0 radical (unpaired) electrons. The highest BCUT2D eigenvalue weighted by Crippen LogP contribution is 2.23. The zero-order valence-corrected chi connectivity index (χ0v) is 19.9. The summed E-state index contributed by atoms with van der Waals surface area (Å²) in [5.74, 6) is -1.30. The molecule has 2 amide bonds. The molecule has 0 saturated carbocycles. The smallest absolute Gasteiger partial charge is 0.447 e. The van der Waals surface area contributed by atoms with Crippen molar-refractivity contribution >= 4 is 19.1 Å². The number of allylic oxidation sites excluding steroid dienone is 1. The lowest BCUT2D eigenvalue weighted by atomic mass is 9.76. The molecule has 0 aromatic heterocycles. The molecule has 2 rings (SSSR count). The van der Waals surface area contributed by atoms with Crippen LogP contribution in [0.1, 0.15) is 51.2 Å². The van der Waals surface area contributed by atoms with E-state index < -0.39 is 19.2 Å². The van der Waals surface area contributed by atoms with Crippen LogP contribution >= 0.6 is 0 Å². The minimum Gasteiger partial charge on any atom is -0.447 e. The number of carbonyl (C=O) groups is 2. The number of nitrogens with one attached hydrogen (secondary N) is 1. The van der Waals surface area contributed by atoms with Gasteiger partial charge in [0.15, 0.2) is 0 Å². The fraction of sp³-hybridized carbons (Fsp3) is 0.542. The van der Waals surface area contributed by atoms with E-state index in [2.05, 4.69) is 5.32 Å². The number of benzene rings is 1. The van der Waals surface area contributed by atoms with Crippen molar-refractivity contribution in [3.05, 3.63) is 47.0 Å². The number of amides is 2. The molecule has 1 heterocycles. The van der Waals surface area contributed by atoms with E-state index in [1.807, 2.05) is 58.0 Å². The van der Waals surface area contributed by atoms with Crippen molar-refractivity contribution in [3.8, 4) is 6.07 Å². The van der Waals surface area contributed by atoms with E-state index in [9.17, 15) is 24.9 Å². The quantitative estimate of drug-likeness (QED) is 0.330. The fourth-order valence-corrected chi connectivity index (χ4v) is 3.74. The fourth-order valence-electron chi connectivity index (χ4n) is 3.74. The molecule has 1 unspecified atom stereocenters. The molecular formula is C24H34BN3O5. The minimum atomic E-state index is -1.76. The van der Waals surface area contributed by atoms with Gasteiger partial charge in [-0.05, 0) is 43.6 Å². The molecule has 1 aromatic rings. The molecule has 0 bridgehead atoms. The van der Waals surface area contributed by atoms with Crippen LogP contribution in [0.15, 0.2) is 35.9 Å². The van der Waals surface area contributed by atoms with Crippen molar-refractivity contribution in [2.75, 3.05) is 13.2 Å². The Hall–Kier alpha value is -2.83. The molecule has 3 N–H and O–H groups in total. The van der Waals surface area contributed by atoms with E-state index in [4.69, 9.17) is 4.74 Å². The second-order valence-corrected chi connectivity index (χ2v) is 9.64. The first-order valence-electron chi connectivity index (χ1n) is 11.3. The number of rotatable bonds is 7. The van der Waals surface area contributed by atoms with Gasteiger partial charge in [0, 0.05) is 6.54 Å². The molecule has 1 fully saturated rings. The van der Waals surface area contributed by atoms with Crippen LogP contribution in [-0.2, 0) is 16.0 Å². The van der Waals surface area contributed by atoms with Crippen molar-refractivity contribution in [2.45, 2.75) is 65.4 Å². The highest BCUT2D eigenvalue weighted by Gasteiger charge is 2.31. The number of nitriles is 1. The monoisotopic (exact) mass is 455 g/mol. The van der Waals surface area contributed by atoms with Crippen LogP contribution in [0, 0.1) is 23.7 Å². The first kappa shape index (κ1) is 26.4. The molecule has 8 nitrogen and oxygen atoms in total. The van der Waals surface area contributed by atoms with E-state index in [0.29, 0.717) is 13.0 Å². The summed E-state index contributed by atoms with van der Waals surface area (Å²) in [7, 11) is -1.76. The van der Waals surface area contributed by atoms with Gasteiger partial charge in [0.1, 0.15) is 18.2 Å². The molecule has 1 aromatic carbocycles. The number of alkyl carbamates (subject to hydrolysis) is 1. The number of likely N-dealkylation sites (tertiary alicyclic amines) is 1. The third-order valence-corrected chi connectivity index (χ3v) is 5.46. The highest BCUT2D eigenvalue weighted by atomic mass is 16.5. The summed E-state index contributed by atoms with van der Waals surface area (Å²) in [6.45, 7) is 8.16. The van der Waals surface area contributed by atoms with Gasteiger partial charge in [-0.2, -0.15) is 5.26 Å². The van der Waals surface area contributed by atoms with E-state index >= 15 is 0 Å². The number of nitrogens with zero attached hydrogens (tertiary/aromatic N) is 2. The standard InChI is InChI=1S/C24H34BN3O5/c1-17-8-10-18(11-9-17)13-21(25(31)32)27-23(30)33-16-20-7-5-6-12-28(20)22(29)19(15-26)14-24(2,3)4/h8-11,14,20-21,31-32H,5-7,12-13,16H2,1-4H3,(H,27,30)/t20-,21?/m1/s1. The van der Waals surface area contributed by atoms with Crippen molar-refractivity contribution in [3.63, 3.8) is 0 Å². The summed E-state index contributed by atoms with van der Waals surface area (Å²) in [6.07, 6.45) is 3.46. The van der Waals surface area contributed by atoms with Crippen molar-refractivity contribution in [1.29, 1.82) is 5.26 Å². The van der Waals surface area contributed by atoms with Crippen LogP contribution in [0.5, 0.6) is 0 Å². The Morgan fingerprint density at radius 3 is 2.55 bits per heavy atom. The lowest BCUT2D eigenvalue weighted by Crippen LogP contribution is -2.50. The molecule has 1 aliphatic heterocycles. The van der Waals surface area contributed by atoms with Gasteiger partial charge in [0.25, 0.3) is 5.91 Å². The molecule has 9 heteroatoms. The summed E-state index contributed by atoms with van der Waals surface area (Å²) in [5.41, 5.74) is 1.69. The molecule has 0 aliphatic carbocycles. The Morgan fingerprint density at radius 2 is 1.97 bits per heavy atom. The third kappa shape index (κ3) is 8.56. The zero-order chi connectivity index (χ0) is 24.6. The summed E-state index contributed by atoms with van der Waals surface area (Å²) < 4.78 is 5.35. The largest absolute Gasteiger partial charge is 0.475 e. The summed E-state index contributed by atoms with van der Waals surface area (Å²) in [6, 6.07) is 9.20. The third-order valence-electron chi connectivity index (χ3n) is 5.46. The van der Waals surface area contributed by atoms with Gasteiger partial charge >= 0.3 is 13.2 Å². The number of hydrogen-bond donors (Lipinski definition) is 3. The Bertz CT molecular complexity index is 887. The Labute approximate surface area is 196 Å². The number of hydrogen-bond acceptors (Lipinski definition) is 6. The second-order valence-electron chi connectivity index (χ2n) is 9.64. The van der Waals surface area contributed by atoms with Gasteiger partial charge in [-0.15, -0.1) is 0 Å². The van der Waals surface area contributed by atoms with Crippen LogP contribution in [-0.4, -0.2) is 59.2 Å². The maximum absolute atomic E-state index is 13.0. The molecule has 2 atom stereocenters. The summed E-state index contributed by atoms with van der Waals surface area (Å²) >= 11 is 0. The second kappa shape index (κ2) is 11.9. The van der Waals surface area contributed by atoms with Crippen LogP contribution in [0.25, 0.3) is 0 Å². The number of carbonyl (C=O) groups excluding carboxylic acids is 2. The first-order chi connectivity index (χ1) is 15.5. The minimum absolute atomic E-state index is 0.0371. The molecule has 1 saturated heterocycles. The predicted molar refractivity (Wildman–Crippen MR) is 126 cm³/mol. The van der Waals surface area contributed by atoms with Gasteiger partial charge in [0.2, 0.25) is 0 Å². The maximum Gasteiger partial charge on any atom is 0.475 e. The van der Waals surface area contributed by atoms with Gasteiger partial charge < -0.3 is 25.0 Å². The average Bonchev–Trinajstić information content (AvgIpc) is 2.76. The van der Waals surface area contributed by atoms with E-state index in [0.717, 1.165) is 24.0 Å². The zero-order valence-electron chi connectivity index (χ0n) is 19.9. The van der Waals surface area contributed by atoms with Crippen molar-refractivity contribution in [1.82, 2.24) is 10.2 Å². The van der Waals surface area contributed by atoms with E-state index in [-0.39, 0.29) is 36.0 Å². The Kier molecular flexibility index (Phi) is 9.50. The summed E-state index contributed by atoms with van der Waals surface area (Å²) in [5, 5.41) is 31.3. The van der Waals surface area contributed by atoms with Crippen molar-refractivity contribution in [2.24, 2.45) is 5.41 Å². The number of aryl methyl sites for hydroxylation is 1. The van der Waals surface area contributed by atoms with Gasteiger partial charge in [0.05, 0.1) is 12.0 Å². The molecule has 0 spiro atoms. The van der Waals surface area contributed by atoms with Gasteiger partial charge in [-0.1, -0.05) is 56.7 Å². The van der Waals surface area contributed by atoms with Gasteiger partial charge in [-0.3, -0.25) is 4.79 Å². The van der Waals surface area contributed by atoms with E-state index in [1.54, 1.807) is 11.0 Å². The average molecular weight is 455 g/mol. The Morgan fingerprint density at radius 1 is 1.30 bits per heavy atom. The Balaban J connectivity index is 1.99.